The third-order valence-electron chi connectivity index (χ3n) is 0.674. The van der Waals surface area contributed by atoms with E-state index in [1.165, 1.54) is 0 Å². The van der Waals surface area contributed by atoms with Gasteiger partial charge in [-0.05, 0) is 34.6 Å². The lowest BCUT2D eigenvalue weighted by molar-refractivity contribution is 0.418. The summed E-state index contributed by atoms with van der Waals surface area (Å²) in [5, 5.41) is 7.74. The smallest absolute Gasteiger partial charge is 0.0673 e. The van der Waals surface area contributed by atoms with Crippen molar-refractivity contribution < 1.29 is 0 Å². The van der Waals surface area contributed by atoms with Crippen LogP contribution in [0.1, 0.15) is 34.6 Å². The molecule has 0 heterocycles. The first kappa shape index (κ1) is 9.40. The summed E-state index contributed by atoms with van der Waals surface area (Å²) in [6.45, 7) is 10.1. The van der Waals surface area contributed by atoms with Gasteiger partial charge in [0.25, 0.3) is 0 Å². The molecule has 0 unspecified atom stereocenters. The molecule has 0 aliphatic heterocycles. The number of hydrogen-bond acceptors (Lipinski definition) is 2. The molecular weight excluding hydrogens is 126 g/mol. The average Bonchev–Trinajstić information content (AvgIpc) is 1.59. The van der Waals surface area contributed by atoms with Crippen molar-refractivity contribution in [3.63, 3.8) is 0 Å². The van der Waals surface area contributed by atoms with Crippen LogP contribution in [0, 0.1) is 0 Å². The maximum atomic E-state index is 3.92. The third-order valence-corrected chi connectivity index (χ3v) is 0.674. The Morgan fingerprint density at radius 3 is 2.00 bits per heavy atom. The number of nitrogens with zero attached hydrogens (tertiary/aromatic N) is 2. The summed E-state index contributed by atoms with van der Waals surface area (Å²) < 4.78 is 0. The van der Waals surface area contributed by atoms with Crippen molar-refractivity contribution in [3.05, 3.63) is 0 Å². The summed E-state index contributed by atoms with van der Waals surface area (Å²) in [6.07, 6.45) is 0. The summed E-state index contributed by atoms with van der Waals surface area (Å²) in [5.41, 5.74) is 2.94. The van der Waals surface area contributed by atoms with Crippen LogP contribution in [0.3, 0.4) is 0 Å². The topological polar surface area (TPSA) is 36.8 Å². The predicted molar refractivity (Wildman–Crippen MR) is 42.9 cm³/mol. The van der Waals surface area contributed by atoms with E-state index in [4.69, 9.17) is 0 Å². The molecule has 0 aliphatic carbocycles. The molecular formula is C7H17N3. The molecule has 60 valence electrons. The summed E-state index contributed by atoms with van der Waals surface area (Å²) in [5.74, 6) is 0. The van der Waals surface area contributed by atoms with Gasteiger partial charge in [0.2, 0.25) is 0 Å². The highest BCUT2D eigenvalue weighted by Crippen LogP contribution is 1.98. The number of rotatable bonds is 2. The van der Waals surface area contributed by atoms with Gasteiger partial charge in [-0.1, -0.05) is 5.22 Å². The van der Waals surface area contributed by atoms with E-state index in [0.717, 1.165) is 0 Å². The van der Waals surface area contributed by atoms with Crippen LogP contribution < -0.4 is 5.43 Å². The predicted octanol–water partition coefficient (Wildman–Crippen LogP) is 2.15. The molecule has 0 bridgehead atoms. The summed E-state index contributed by atoms with van der Waals surface area (Å²) in [7, 11) is 0. The molecule has 0 aliphatic rings. The van der Waals surface area contributed by atoms with Crippen molar-refractivity contribution in [2.75, 3.05) is 0 Å². The van der Waals surface area contributed by atoms with Gasteiger partial charge in [-0.2, -0.15) is 5.11 Å². The van der Waals surface area contributed by atoms with Crippen LogP contribution in [0.4, 0.5) is 0 Å². The van der Waals surface area contributed by atoms with E-state index >= 15 is 0 Å². The van der Waals surface area contributed by atoms with Crippen LogP contribution in [-0.4, -0.2) is 11.6 Å². The fourth-order valence-corrected chi connectivity index (χ4v) is 0.294. The van der Waals surface area contributed by atoms with Crippen molar-refractivity contribution in [2.24, 2.45) is 10.3 Å². The second-order valence-electron chi connectivity index (χ2n) is 3.67. The molecule has 0 radical (unpaired) electrons. The Kier molecular flexibility index (Phi) is 3.33. The summed E-state index contributed by atoms with van der Waals surface area (Å²) in [6, 6.07) is 0.273. The highest BCUT2D eigenvalue weighted by molar-refractivity contribution is 4.65. The van der Waals surface area contributed by atoms with Crippen molar-refractivity contribution in [1.29, 1.82) is 0 Å². The zero-order valence-corrected chi connectivity index (χ0v) is 7.47. The molecule has 0 spiro atoms. The second kappa shape index (κ2) is 3.54. The fraction of sp³-hybridized carbons (Fsp3) is 1.00. The zero-order chi connectivity index (χ0) is 8.20. The lowest BCUT2D eigenvalue weighted by Crippen LogP contribution is -2.30. The quantitative estimate of drug-likeness (QED) is 0.466. The van der Waals surface area contributed by atoms with Gasteiger partial charge in [0.1, 0.15) is 0 Å². The number of nitrogens with one attached hydrogen (secondary N) is 1. The van der Waals surface area contributed by atoms with Crippen molar-refractivity contribution in [3.8, 4) is 0 Å². The van der Waals surface area contributed by atoms with E-state index in [-0.39, 0.29) is 11.6 Å². The van der Waals surface area contributed by atoms with E-state index in [1.54, 1.807) is 0 Å². The molecule has 0 saturated carbocycles. The van der Waals surface area contributed by atoms with Crippen molar-refractivity contribution in [2.45, 2.75) is 46.2 Å². The first-order chi connectivity index (χ1) is 4.42. The summed E-state index contributed by atoms with van der Waals surface area (Å²) in [4.78, 5) is 0. The van der Waals surface area contributed by atoms with E-state index < -0.39 is 0 Å². The van der Waals surface area contributed by atoms with Crippen LogP contribution in [0.2, 0.25) is 0 Å². The lowest BCUT2D eigenvalue weighted by atomic mass is 10.1. The first-order valence-corrected chi connectivity index (χ1v) is 3.59. The Hall–Kier alpha value is -0.600. The Bertz CT molecular complexity index is 111. The van der Waals surface area contributed by atoms with Gasteiger partial charge >= 0.3 is 0 Å². The maximum Gasteiger partial charge on any atom is 0.0673 e. The summed E-state index contributed by atoms with van der Waals surface area (Å²) >= 11 is 0. The Balaban J connectivity index is 3.54. The number of hydrogen-bond donors (Lipinski definition) is 1. The Labute approximate surface area is 62.9 Å². The van der Waals surface area contributed by atoms with Crippen LogP contribution in [0.25, 0.3) is 0 Å². The molecule has 3 heteroatoms. The molecule has 0 saturated heterocycles. The highest BCUT2D eigenvalue weighted by atomic mass is 15.4. The largest absolute Gasteiger partial charge is 0.287 e. The molecule has 1 N–H and O–H groups in total. The standard InChI is InChI=1S/C7H17N3/c1-6(2)8-10-9-7(3,4)5/h6H,1-5H3,(H,8,9). The monoisotopic (exact) mass is 143 g/mol. The molecule has 10 heavy (non-hydrogen) atoms. The van der Waals surface area contributed by atoms with Crippen LogP contribution >= 0.6 is 0 Å². The maximum absolute atomic E-state index is 3.92. The van der Waals surface area contributed by atoms with Gasteiger partial charge in [0.15, 0.2) is 0 Å². The molecule has 0 rings (SSSR count). The molecule has 0 aromatic carbocycles. The molecule has 3 nitrogen and oxygen atoms in total. The molecule has 0 fully saturated rings. The fourth-order valence-electron chi connectivity index (χ4n) is 0.294. The van der Waals surface area contributed by atoms with Gasteiger partial charge in [-0.3, -0.25) is 5.43 Å². The van der Waals surface area contributed by atoms with Gasteiger partial charge in [-0.15, -0.1) is 0 Å². The molecule has 0 aromatic heterocycles. The Morgan fingerprint density at radius 1 is 1.20 bits per heavy atom. The Morgan fingerprint density at radius 2 is 1.70 bits per heavy atom. The lowest BCUT2D eigenvalue weighted by Gasteiger charge is -2.16. The first-order valence-electron chi connectivity index (χ1n) is 3.59. The average molecular weight is 143 g/mol. The van der Waals surface area contributed by atoms with E-state index in [0.29, 0.717) is 0 Å². The van der Waals surface area contributed by atoms with E-state index in [2.05, 4.69) is 15.8 Å². The third kappa shape index (κ3) is 7.40. The second-order valence-corrected chi connectivity index (χ2v) is 3.67. The van der Waals surface area contributed by atoms with Crippen LogP contribution in [-0.2, 0) is 0 Å². The molecule has 0 amide bonds. The van der Waals surface area contributed by atoms with Crippen molar-refractivity contribution >= 4 is 0 Å². The SMILES string of the molecule is CC(C)N=NNC(C)(C)C. The molecule has 0 atom stereocenters. The highest BCUT2D eigenvalue weighted by Gasteiger charge is 2.05. The van der Waals surface area contributed by atoms with Gasteiger partial charge in [-0.25, -0.2) is 0 Å². The normalized spacial score (nSPS) is 13.0. The van der Waals surface area contributed by atoms with Gasteiger partial charge in [0.05, 0.1) is 6.04 Å². The van der Waals surface area contributed by atoms with Crippen molar-refractivity contribution in [1.82, 2.24) is 5.43 Å². The minimum absolute atomic E-state index is 0.0262. The minimum atomic E-state index is 0.0262. The van der Waals surface area contributed by atoms with Crippen LogP contribution in [0.5, 0.6) is 0 Å². The minimum Gasteiger partial charge on any atom is -0.287 e. The van der Waals surface area contributed by atoms with E-state index in [9.17, 15) is 0 Å². The van der Waals surface area contributed by atoms with Gasteiger partial charge < -0.3 is 0 Å². The van der Waals surface area contributed by atoms with E-state index in [1.807, 2.05) is 34.6 Å². The molecule has 0 aromatic rings. The van der Waals surface area contributed by atoms with Gasteiger partial charge in [0, 0.05) is 5.54 Å². The van der Waals surface area contributed by atoms with Crippen LogP contribution in [0.15, 0.2) is 10.3 Å². The zero-order valence-electron chi connectivity index (χ0n) is 7.47.